The molecule has 1 N–H and O–H groups in total. The van der Waals surface area contributed by atoms with Crippen LogP contribution in [0.3, 0.4) is 0 Å². The van der Waals surface area contributed by atoms with E-state index in [1.54, 1.807) is 11.7 Å². The van der Waals surface area contributed by atoms with E-state index in [1.165, 1.54) is 13.2 Å². The van der Waals surface area contributed by atoms with Crippen molar-refractivity contribution in [1.29, 1.82) is 0 Å². The summed E-state index contributed by atoms with van der Waals surface area (Å²) in [6, 6.07) is 2.81. The minimum absolute atomic E-state index is 0.117. The van der Waals surface area contributed by atoms with Gasteiger partial charge in [0.15, 0.2) is 0 Å². The first-order chi connectivity index (χ1) is 11.7. The lowest BCUT2D eigenvalue weighted by molar-refractivity contribution is -0.388. The SMILES string of the molecule is CCc1nn(C)c(OC)c1CNc1ccc([N+](=O)[O-])c(C(F)(F)F)c1. The zero-order valence-corrected chi connectivity index (χ0v) is 13.8. The molecule has 136 valence electrons. The highest BCUT2D eigenvalue weighted by molar-refractivity contribution is 5.55. The number of halogens is 3. The monoisotopic (exact) mass is 358 g/mol. The molecule has 0 spiro atoms. The Morgan fingerprint density at radius 1 is 1.40 bits per heavy atom. The minimum atomic E-state index is -4.82. The number of nitrogens with zero attached hydrogens (tertiary/aromatic N) is 3. The predicted molar refractivity (Wildman–Crippen MR) is 84.6 cm³/mol. The van der Waals surface area contributed by atoms with E-state index in [0.29, 0.717) is 12.3 Å². The van der Waals surface area contributed by atoms with Gasteiger partial charge in [-0.25, -0.2) is 4.68 Å². The Morgan fingerprint density at radius 2 is 2.08 bits per heavy atom. The number of aromatic nitrogens is 2. The van der Waals surface area contributed by atoms with Gasteiger partial charge in [0, 0.05) is 25.3 Å². The summed E-state index contributed by atoms with van der Waals surface area (Å²) in [5, 5.41) is 17.9. The molecular weight excluding hydrogens is 341 g/mol. The smallest absolute Gasteiger partial charge is 0.423 e. The van der Waals surface area contributed by atoms with E-state index in [9.17, 15) is 23.3 Å². The van der Waals surface area contributed by atoms with Crippen molar-refractivity contribution < 1.29 is 22.8 Å². The third-order valence-electron chi connectivity index (χ3n) is 3.67. The fourth-order valence-electron chi connectivity index (χ4n) is 2.55. The zero-order valence-electron chi connectivity index (χ0n) is 13.8. The molecule has 2 aromatic rings. The van der Waals surface area contributed by atoms with Gasteiger partial charge in [0.1, 0.15) is 5.56 Å². The van der Waals surface area contributed by atoms with Crippen molar-refractivity contribution in [1.82, 2.24) is 9.78 Å². The molecule has 0 fully saturated rings. The first-order valence-electron chi connectivity index (χ1n) is 7.37. The Hall–Kier alpha value is -2.78. The van der Waals surface area contributed by atoms with Gasteiger partial charge in [-0.1, -0.05) is 6.92 Å². The fraction of sp³-hybridized carbons (Fsp3) is 0.400. The number of methoxy groups -OCH3 is 1. The van der Waals surface area contributed by atoms with Crippen molar-refractivity contribution in [3.63, 3.8) is 0 Å². The maximum Gasteiger partial charge on any atom is 0.423 e. The molecule has 1 aromatic carbocycles. The Bertz CT molecular complexity index is 787. The molecule has 1 aromatic heterocycles. The van der Waals surface area contributed by atoms with Crippen molar-refractivity contribution in [2.45, 2.75) is 26.1 Å². The van der Waals surface area contributed by atoms with Gasteiger partial charge >= 0.3 is 6.18 Å². The number of nitrogens with one attached hydrogen (secondary N) is 1. The first kappa shape index (κ1) is 18.6. The van der Waals surface area contributed by atoms with E-state index in [-0.39, 0.29) is 12.2 Å². The van der Waals surface area contributed by atoms with Gasteiger partial charge in [0.05, 0.1) is 23.3 Å². The average molecular weight is 358 g/mol. The van der Waals surface area contributed by atoms with Crippen molar-refractivity contribution in [2.24, 2.45) is 7.05 Å². The second-order valence-electron chi connectivity index (χ2n) is 5.25. The second kappa shape index (κ2) is 6.99. The molecular formula is C15H17F3N4O3. The topological polar surface area (TPSA) is 82.2 Å². The number of anilines is 1. The number of benzene rings is 1. The van der Waals surface area contributed by atoms with Crippen LogP contribution in [0.2, 0.25) is 0 Å². The van der Waals surface area contributed by atoms with Gasteiger partial charge in [0.2, 0.25) is 5.88 Å². The summed E-state index contributed by atoms with van der Waals surface area (Å²) in [7, 11) is 3.18. The maximum atomic E-state index is 13.0. The predicted octanol–water partition coefficient (Wildman–Crippen LogP) is 3.53. The Balaban J connectivity index is 2.32. The van der Waals surface area contributed by atoms with E-state index < -0.39 is 22.4 Å². The quantitative estimate of drug-likeness (QED) is 0.631. The molecule has 0 aliphatic heterocycles. The largest absolute Gasteiger partial charge is 0.481 e. The van der Waals surface area contributed by atoms with Gasteiger partial charge in [-0.15, -0.1) is 0 Å². The molecule has 10 heteroatoms. The van der Waals surface area contributed by atoms with E-state index in [0.717, 1.165) is 23.4 Å². The lowest BCUT2D eigenvalue weighted by Crippen LogP contribution is -2.10. The summed E-state index contributed by atoms with van der Waals surface area (Å²) in [5.41, 5.74) is -0.683. The van der Waals surface area contributed by atoms with E-state index in [1.807, 2.05) is 6.92 Å². The van der Waals surface area contributed by atoms with Crippen LogP contribution in [0.25, 0.3) is 0 Å². The maximum absolute atomic E-state index is 13.0. The van der Waals surface area contributed by atoms with Crippen LogP contribution < -0.4 is 10.1 Å². The molecule has 0 saturated heterocycles. The van der Waals surface area contributed by atoms with Gasteiger partial charge in [-0.05, 0) is 18.6 Å². The van der Waals surface area contributed by atoms with E-state index in [4.69, 9.17) is 4.74 Å². The molecule has 7 nitrogen and oxygen atoms in total. The van der Waals surface area contributed by atoms with Crippen LogP contribution in [0, 0.1) is 10.1 Å². The number of nitro groups is 1. The first-order valence-corrected chi connectivity index (χ1v) is 7.37. The number of alkyl halides is 3. The average Bonchev–Trinajstić information content (AvgIpc) is 2.86. The molecule has 0 amide bonds. The van der Waals surface area contributed by atoms with Crippen molar-refractivity contribution in [2.75, 3.05) is 12.4 Å². The summed E-state index contributed by atoms with van der Waals surface area (Å²) in [5.74, 6) is 0.502. The zero-order chi connectivity index (χ0) is 18.8. The van der Waals surface area contributed by atoms with E-state index in [2.05, 4.69) is 10.4 Å². The second-order valence-corrected chi connectivity index (χ2v) is 5.25. The number of aryl methyl sites for hydroxylation is 2. The van der Waals surface area contributed by atoms with Crippen LogP contribution >= 0.6 is 0 Å². The summed E-state index contributed by atoms with van der Waals surface area (Å²) in [4.78, 5) is 9.74. The molecule has 0 radical (unpaired) electrons. The van der Waals surface area contributed by atoms with Crippen LogP contribution in [-0.2, 0) is 26.2 Å². The number of rotatable bonds is 6. The molecule has 0 saturated carbocycles. The van der Waals surface area contributed by atoms with Crippen molar-refractivity contribution >= 4 is 11.4 Å². The summed E-state index contributed by atoms with van der Waals surface area (Å²) in [6.07, 6.45) is -4.19. The van der Waals surface area contributed by atoms with Crippen molar-refractivity contribution in [3.05, 3.63) is 45.1 Å². The summed E-state index contributed by atoms with van der Waals surface area (Å²) < 4.78 is 45.9. The van der Waals surface area contributed by atoms with Gasteiger partial charge in [-0.3, -0.25) is 10.1 Å². The van der Waals surface area contributed by atoms with Gasteiger partial charge in [-0.2, -0.15) is 18.3 Å². The van der Waals surface area contributed by atoms with Crippen LogP contribution in [0.15, 0.2) is 18.2 Å². The lowest BCUT2D eigenvalue weighted by atomic mass is 10.1. The molecule has 0 bridgehead atoms. The molecule has 25 heavy (non-hydrogen) atoms. The summed E-state index contributed by atoms with van der Waals surface area (Å²) in [6.45, 7) is 2.08. The fourth-order valence-corrected chi connectivity index (χ4v) is 2.55. The van der Waals surface area contributed by atoms with Crippen LogP contribution in [0.1, 0.15) is 23.7 Å². The molecule has 1 heterocycles. The highest BCUT2D eigenvalue weighted by Crippen LogP contribution is 2.37. The Morgan fingerprint density at radius 3 is 2.60 bits per heavy atom. The number of hydrogen-bond donors (Lipinski definition) is 1. The highest BCUT2D eigenvalue weighted by atomic mass is 19.4. The molecule has 2 rings (SSSR count). The lowest BCUT2D eigenvalue weighted by Gasteiger charge is -2.12. The summed E-state index contributed by atoms with van der Waals surface area (Å²) >= 11 is 0. The Kier molecular flexibility index (Phi) is 5.19. The molecule has 0 aliphatic carbocycles. The Labute approximate surface area is 141 Å². The van der Waals surface area contributed by atoms with Crippen LogP contribution in [-0.4, -0.2) is 21.8 Å². The number of hydrogen-bond acceptors (Lipinski definition) is 5. The van der Waals surface area contributed by atoms with Gasteiger partial charge < -0.3 is 10.1 Å². The highest BCUT2D eigenvalue weighted by Gasteiger charge is 2.38. The van der Waals surface area contributed by atoms with Crippen LogP contribution in [0.4, 0.5) is 24.5 Å². The molecule has 0 aliphatic rings. The van der Waals surface area contributed by atoms with Crippen molar-refractivity contribution in [3.8, 4) is 5.88 Å². The van der Waals surface area contributed by atoms with E-state index >= 15 is 0 Å². The third kappa shape index (κ3) is 3.83. The molecule has 0 atom stereocenters. The standard InChI is InChI=1S/C15H17F3N4O3/c1-4-12-10(14(25-3)21(2)20-12)8-19-9-5-6-13(22(23)24)11(7-9)15(16,17)18/h5-7,19H,4,8H2,1-3H3. The normalized spacial score (nSPS) is 11.4. The molecule has 0 unspecified atom stereocenters. The third-order valence-corrected chi connectivity index (χ3v) is 3.67. The van der Waals surface area contributed by atoms with Crippen LogP contribution in [0.5, 0.6) is 5.88 Å². The number of nitro benzene ring substituents is 1. The minimum Gasteiger partial charge on any atom is -0.481 e. The van der Waals surface area contributed by atoms with Gasteiger partial charge in [0.25, 0.3) is 5.69 Å². The number of ether oxygens (including phenoxy) is 1.